The van der Waals surface area contributed by atoms with Crippen molar-refractivity contribution in [3.05, 3.63) is 64.4 Å². The normalized spacial score (nSPS) is 11.8. The maximum Gasteiger partial charge on any atom is 0.409 e. The Hall–Kier alpha value is -1.92. The summed E-state index contributed by atoms with van der Waals surface area (Å²) in [5.74, 6) is 0. The highest BCUT2D eigenvalue weighted by atomic mass is 79.9. The molecule has 2 aromatic rings. The predicted octanol–water partition coefficient (Wildman–Crippen LogP) is 4.36. The third-order valence-corrected chi connectivity index (χ3v) is 4.59. The van der Waals surface area contributed by atoms with E-state index in [4.69, 9.17) is 4.74 Å². The van der Waals surface area contributed by atoms with Crippen LogP contribution in [0.2, 0.25) is 0 Å². The zero-order chi connectivity index (χ0) is 18.8. The summed E-state index contributed by atoms with van der Waals surface area (Å²) in [6, 6.07) is 11.6. The summed E-state index contributed by atoms with van der Waals surface area (Å²) in [5, 5.41) is 10.1. The zero-order valence-corrected chi connectivity index (χ0v) is 16.6. The molecular weight excluding hydrogens is 396 g/mol. The summed E-state index contributed by atoms with van der Waals surface area (Å²) in [5.41, 5.74) is 1.80. The predicted molar refractivity (Wildman–Crippen MR) is 105 cm³/mol. The Morgan fingerprint density at radius 3 is 2.69 bits per heavy atom. The van der Waals surface area contributed by atoms with Crippen molar-refractivity contribution in [2.45, 2.75) is 32.3 Å². The molecule has 0 spiro atoms. The van der Waals surface area contributed by atoms with Crippen molar-refractivity contribution in [2.75, 3.05) is 19.7 Å². The number of carbonyl (C=O) groups is 1. The first-order chi connectivity index (χ1) is 12.6. The van der Waals surface area contributed by atoms with Crippen molar-refractivity contribution in [3.8, 4) is 0 Å². The highest BCUT2D eigenvalue weighted by Gasteiger charge is 2.17. The number of hydrogen-bond donors (Lipinski definition) is 1. The smallest absolute Gasteiger partial charge is 0.409 e. The van der Waals surface area contributed by atoms with Crippen LogP contribution in [0.1, 0.15) is 37.0 Å². The van der Waals surface area contributed by atoms with Gasteiger partial charge in [-0.25, -0.2) is 4.79 Å². The van der Waals surface area contributed by atoms with E-state index >= 15 is 0 Å². The molecule has 0 unspecified atom stereocenters. The number of carbonyl (C=O) groups excluding carboxylic acids is 1. The highest BCUT2D eigenvalue weighted by Crippen LogP contribution is 2.14. The fraction of sp³-hybridized carbons (Fsp3) is 0.400. The first kappa shape index (κ1) is 20.4. The van der Waals surface area contributed by atoms with Gasteiger partial charge in [-0.1, -0.05) is 47.5 Å². The molecule has 0 radical (unpaired) electrons. The second-order valence-electron chi connectivity index (χ2n) is 6.10. The summed E-state index contributed by atoms with van der Waals surface area (Å²) >= 11 is 3.42. The van der Waals surface area contributed by atoms with E-state index in [1.807, 2.05) is 24.3 Å². The molecule has 1 N–H and O–H groups in total. The van der Waals surface area contributed by atoms with E-state index in [1.165, 1.54) is 0 Å². The van der Waals surface area contributed by atoms with E-state index in [0.717, 1.165) is 29.3 Å². The minimum absolute atomic E-state index is 0.0779. The van der Waals surface area contributed by atoms with Gasteiger partial charge in [0.25, 0.3) is 0 Å². The Bertz CT molecular complexity index is 665. The van der Waals surface area contributed by atoms with E-state index in [0.29, 0.717) is 18.7 Å². The number of unbranched alkanes of at least 4 members (excludes halogenated alkanes) is 1. The standard InChI is InChI=1S/C20H25BrN2O3/c1-2-3-12-23(13-10-16-6-8-18(21)9-7-16)20(25)26-15-19(24)17-5-4-11-22-14-17/h4-9,11,14,19,24H,2-3,10,12-13,15H2,1H3/t19-/m0/s1. The number of nitrogens with zero attached hydrogens (tertiary/aromatic N) is 2. The van der Waals surface area contributed by atoms with Crippen LogP contribution in [-0.2, 0) is 11.2 Å². The maximum absolute atomic E-state index is 12.4. The molecular formula is C20H25BrN2O3. The minimum atomic E-state index is -0.868. The lowest BCUT2D eigenvalue weighted by Crippen LogP contribution is -2.35. The number of rotatable bonds is 9. The minimum Gasteiger partial charge on any atom is -0.446 e. The molecule has 1 aromatic heterocycles. The van der Waals surface area contributed by atoms with Crippen LogP contribution >= 0.6 is 15.9 Å². The lowest BCUT2D eigenvalue weighted by Gasteiger charge is -2.23. The van der Waals surface area contributed by atoms with Gasteiger partial charge in [0.05, 0.1) is 0 Å². The largest absolute Gasteiger partial charge is 0.446 e. The van der Waals surface area contributed by atoms with Crippen LogP contribution in [0.15, 0.2) is 53.3 Å². The monoisotopic (exact) mass is 420 g/mol. The number of benzene rings is 1. The Labute approximate surface area is 163 Å². The highest BCUT2D eigenvalue weighted by molar-refractivity contribution is 9.10. The van der Waals surface area contributed by atoms with Gasteiger partial charge < -0.3 is 14.7 Å². The molecule has 0 aliphatic rings. The molecule has 0 aliphatic heterocycles. The van der Waals surface area contributed by atoms with Gasteiger partial charge >= 0.3 is 6.09 Å². The second kappa shape index (κ2) is 10.9. The summed E-state index contributed by atoms with van der Waals surface area (Å²) in [6.45, 7) is 3.24. The summed E-state index contributed by atoms with van der Waals surface area (Å²) in [4.78, 5) is 18.1. The van der Waals surface area contributed by atoms with Crippen molar-refractivity contribution in [2.24, 2.45) is 0 Å². The van der Waals surface area contributed by atoms with Crippen molar-refractivity contribution in [3.63, 3.8) is 0 Å². The van der Waals surface area contributed by atoms with Crippen molar-refractivity contribution in [1.82, 2.24) is 9.88 Å². The van der Waals surface area contributed by atoms with Crippen LogP contribution in [0.3, 0.4) is 0 Å². The van der Waals surface area contributed by atoms with Gasteiger partial charge in [-0.05, 0) is 36.6 Å². The van der Waals surface area contributed by atoms with Gasteiger partial charge in [0.1, 0.15) is 12.7 Å². The number of ether oxygens (including phenoxy) is 1. The molecule has 2 rings (SSSR count). The Morgan fingerprint density at radius 1 is 1.27 bits per heavy atom. The average molecular weight is 421 g/mol. The Morgan fingerprint density at radius 2 is 2.04 bits per heavy atom. The molecule has 0 bridgehead atoms. The average Bonchev–Trinajstić information content (AvgIpc) is 2.68. The summed E-state index contributed by atoms with van der Waals surface area (Å²) in [6.07, 6.45) is 4.63. The Balaban J connectivity index is 1.87. The molecule has 1 heterocycles. The van der Waals surface area contributed by atoms with Crippen LogP contribution < -0.4 is 0 Å². The molecule has 1 aromatic carbocycles. The Kier molecular flexibility index (Phi) is 8.58. The number of aliphatic hydroxyl groups excluding tert-OH is 1. The number of pyridine rings is 1. The van der Waals surface area contributed by atoms with Crippen LogP contribution in [0.5, 0.6) is 0 Å². The van der Waals surface area contributed by atoms with E-state index in [2.05, 4.69) is 27.8 Å². The first-order valence-corrected chi connectivity index (χ1v) is 9.63. The molecule has 1 amide bonds. The molecule has 5 nitrogen and oxygen atoms in total. The van der Waals surface area contributed by atoms with Gasteiger partial charge in [0.2, 0.25) is 0 Å². The van der Waals surface area contributed by atoms with Gasteiger partial charge in [0, 0.05) is 35.5 Å². The summed E-state index contributed by atoms with van der Waals surface area (Å²) < 4.78 is 6.36. The molecule has 0 saturated carbocycles. The van der Waals surface area contributed by atoms with Crippen molar-refractivity contribution >= 4 is 22.0 Å². The number of hydrogen-bond acceptors (Lipinski definition) is 4. The van der Waals surface area contributed by atoms with Gasteiger partial charge in [-0.15, -0.1) is 0 Å². The quantitative estimate of drug-likeness (QED) is 0.654. The number of amides is 1. The molecule has 140 valence electrons. The molecule has 0 fully saturated rings. The van der Waals surface area contributed by atoms with Gasteiger partial charge in [0.15, 0.2) is 0 Å². The van der Waals surface area contributed by atoms with Crippen LogP contribution in [0.4, 0.5) is 4.79 Å². The number of aliphatic hydroxyl groups is 1. The molecule has 26 heavy (non-hydrogen) atoms. The fourth-order valence-electron chi connectivity index (χ4n) is 2.47. The first-order valence-electron chi connectivity index (χ1n) is 8.84. The van der Waals surface area contributed by atoms with E-state index in [1.54, 1.807) is 29.4 Å². The maximum atomic E-state index is 12.4. The van der Waals surface area contributed by atoms with Crippen LogP contribution in [0.25, 0.3) is 0 Å². The van der Waals surface area contributed by atoms with Gasteiger partial charge in [-0.2, -0.15) is 0 Å². The second-order valence-corrected chi connectivity index (χ2v) is 7.01. The lowest BCUT2D eigenvalue weighted by atomic mass is 10.1. The topological polar surface area (TPSA) is 62.7 Å². The SMILES string of the molecule is CCCCN(CCc1ccc(Br)cc1)C(=O)OC[C@H](O)c1cccnc1. The third-order valence-electron chi connectivity index (χ3n) is 4.06. The number of aromatic nitrogens is 1. The molecule has 0 saturated heterocycles. The van der Waals surface area contributed by atoms with E-state index < -0.39 is 12.2 Å². The molecule has 0 aliphatic carbocycles. The van der Waals surface area contributed by atoms with Crippen LogP contribution in [0, 0.1) is 0 Å². The van der Waals surface area contributed by atoms with E-state index in [9.17, 15) is 9.90 Å². The van der Waals surface area contributed by atoms with Crippen molar-refractivity contribution < 1.29 is 14.6 Å². The van der Waals surface area contributed by atoms with Gasteiger partial charge in [-0.3, -0.25) is 4.98 Å². The fourth-order valence-corrected chi connectivity index (χ4v) is 2.73. The lowest BCUT2D eigenvalue weighted by molar-refractivity contribution is 0.0470. The zero-order valence-electron chi connectivity index (χ0n) is 15.0. The molecule has 1 atom stereocenters. The van der Waals surface area contributed by atoms with Crippen molar-refractivity contribution in [1.29, 1.82) is 0 Å². The summed E-state index contributed by atoms with van der Waals surface area (Å²) in [7, 11) is 0. The van der Waals surface area contributed by atoms with E-state index in [-0.39, 0.29) is 6.61 Å². The van der Waals surface area contributed by atoms with Crippen LogP contribution in [-0.4, -0.2) is 40.8 Å². The third kappa shape index (κ3) is 6.77. The molecule has 6 heteroatoms. The number of halogens is 1.